The van der Waals surface area contributed by atoms with Gasteiger partial charge in [0.1, 0.15) is 19.3 Å². The molecule has 0 aliphatic heterocycles. The van der Waals surface area contributed by atoms with E-state index in [0.717, 1.165) is 6.07 Å². The molecular formula is C20H26BFN2O5. The highest BCUT2D eigenvalue weighted by Crippen LogP contribution is 2.10. The number of nitrogens with zero attached hydrogens (tertiary/aromatic N) is 1. The molecule has 0 unspecified atom stereocenters. The van der Waals surface area contributed by atoms with Crippen LogP contribution in [0.2, 0.25) is 0 Å². The topological polar surface area (TPSA) is 101 Å². The molecule has 0 spiro atoms. The summed E-state index contributed by atoms with van der Waals surface area (Å²) in [6, 6.07) is 4.35. The van der Waals surface area contributed by atoms with Crippen molar-refractivity contribution in [1.82, 2.24) is 4.57 Å². The number of pyridine rings is 1. The van der Waals surface area contributed by atoms with Crippen LogP contribution in [0.5, 0.6) is 0 Å². The maximum atomic E-state index is 13.5. The Bertz CT molecular complexity index is 921. The van der Waals surface area contributed by atoms with Crippen LogP contribution in [0, 0.1) is 5.82 Å². The van der Waals surface area contributed by atoms with Gasteiger partial charge in [0.05, 0.1) is 12.5 Å². The number of rotatable bonds is 5. The van der Waals surface area contributed by atoms with Crippen LogP contribution in [-0.4, -0.2) is 37.2 Å². The zero-order valence-electron chi connectivity index (χ0n) is 17.2. The third kappa shape index (κ3) is 8.37. The van der Waals surface area contributed by atoms with Crippen molar-refractivity contribution in [2.45, 2.75) is 52.2 Å². The van der Waals surface area contributed by atoms with Crippen molar-refractivity contribution < 1.29 is 23.5 Å². The number of nitrogens with two attached hydrogens (primary N) is 1. The SMILES string of the molecule is CC(C)(C)OC(N)=O.[B]c1cc2ccn(CCCCC(=O)OC)c(=O)c2cc1F. The molecule has 1 aromatic carbocycles. The first-order chi connectivity index (χ1) is 13.4. The molecule has 2 aromatic rings. The Morgan fingerprint density at radius 3 is 2.41 bits per heavy atom. The number of halogens is 1. The van der Waals surface area contributed by atoms with Gasteiger partial charge in [-0.15, -0.1) is 0 Å². The van der Waals surface area contributed by atoms with E-state index in [2.05, 4.69) is 9.47 Å². The highest BCUT2D eigenvalue weighted by molar-refractivity contribution is 6.33. The zero-order valence-corrected chi connectivity index (χ0v) is 17.2. The lowest BCUT2D eigenvalue weighted by Crippen LogP contribution is -2.27. The summed E-state index contributed by atoms with van der Waals surface area (Å²) in [6.45, 7) is 5.76. The number of benzene rings is 1. The summed E-state index contributed by atoms with van der Waals surface area (Å²) in [6.07, 6.45) is 2.55. The van der Waals surface area contributed by atoms with E-state index in [1.807, 2.05) is 0 Å². The van der Waals surface area contributed by atoms with Crippen LogP contribution in [0.25, 0.3) is 10.8 Å². The third-order valence-electron chi connectivity index (χ3n) is 3.76. The largest absolute Gasteiger partial charge is 0.469 e. The molecule has 2 rings (SSSR count). The van der Waals surface area contributed by atoms with Gasteiger partial charge in [-0.3, -0.25) is 9.59 Å². The predicted molar refractivity (Wildman–Crippen MR) is 110 cm³/mol. The van der Waals surface area contributed by atoms with Crippen molar-refractivity contribution in [3.63, 3.8) is 0 Å². The second-order valence-electron chi connectivity index (χ2n) is 7.34. The first-order valence-corrected chi connectivity index (χ1v) is 9.08. The van der Waals surface area contributed by atoms with Crippen LogP contribution in [0.3, 0.4) is 0 Å². The molecule has 0 saturated heterocycles. The zero-order chi connectivity index (χ0) is 22.2. The molecule has 0 atom stereocenters. The number of aromatic nitrogens is 1. The molecular weight excluding hydrogens is 378 g/mol. The van der Waals surface area contributed by atoms with Crippen LogP contribution in [0.4, 0.5) is 9.18 Å². The molecule has 1 aromatic heterocycles. The summed E-state index contributed by atoms with van der Waals surface area (Å²) in [4.78, 5) is 33.2. The lowest BCUT2D eigenvalue weighted by molar-refractivity contribution is -0.140. The number of hydrogen-bond donors (Lipinski definition) is 1. The van der Waals surface area contributed by atoms with Crippen LogP contribution in [-0.2, 0) is 20.8 Å². The molecule has 7 nitrogen and oxygen atoms in total. The Balaban J connectivity index is 0.000000447. The van der Waals surface area contributed by atoms with Crippen molar-refractivity contribution in [3.8, 4) is 0 Å². The first-order valence-electron chi connectivity index (χ1n) is 9.08. The molecule has 156 valence electrons. The Hall–Kier alpha value is -2.84. The number of amides is 1. The summed E-state index contributed by atoms with van der Waals surface area (Å²) >= 11 is 0. The molecule has 2 N–H and O–H groups in total. The fourth-order valence-electron chi connectivity index (χ4n) is 2.45. The van der Waals surface area contributed by atoms with Gasteiger partial charge in [0, 0.05) is 19.2 Å². The molecule has 0 bridgehead atoms. The van der Waals surface area contributed by atoms with Gasteiger partial charge in [-0.1, -0.05) is 11.5 Å². The predicted octanol–water partition coefficient (Wildman–Crippen LogP) is 2.16. The summed E-state index contributed by atoms with van der Waals surface area (Å²) in [7, 11) is 6.83. The summed E-state index contributed by atoms with van der Waals surface area (Å²) in [5, 5.41) is 0.918. The second kappa shape index (κ2) is 10.6. The third-order valence-corrected chi connectivity index (χ3v) is 3.76. The smallest absolute Gasteiger partial charge is 0.405 e. The first kappa shape index (κ1) is 24.2. The van der Waals surface area contributed by atoms with Crippen LogP contribution in [0.15, 0.2) is 29.2 Å². The number of unbranched alkanes of at least 4 members (excludes halogenated alkanes) is 1. The van der Waals surface area contributed by atoms with Gasteiger partial charge >= 0.3 is 12.1 Å². The van der Waals surface area contributed by atoms with E-state index >= 15 is 0 Å². The van der Waals surface area contributed by atoms with E-state index in [1.54, 1.807) is 33.0 Å². The van der Waals surface area contributed by atoms with E-state index in [-0.39, 0.29) is 17.0 Å². The van der Waals surface area contributed by atoms with Crippen molar-refractivity contribution >= 4 is 36.1 Å². The van der Waals surface area contributed by atoms with Gasteiger partial charge in [0.2, 0.25) is 0 Å². The normalized spacial score (nSPS) is 10.8. The van der Waals surface area contributed by atoms with E-state index in [1.165, 1.54) is 17.7 Å². The molecule has 29 heavy (non-hydrogen) atoms. The minimum atomic E-state index is -0.725. The number of methoxy groups -OCH3 is 1. The number of carbonyl (C=O) groups excluding carboxylic acids is 2. The standard InChI is InChI=1S/C15H15BFNO3.C5H11NO2/c1-21-14(19)4-2-3-6-18-7-5-10-8-12(16)13(17)9-11(10)15(18)20;1-5(2,3)8-4(6)7/h5,7-9H,2-4,6H2,1H3;1-3H3,(H2,6,7). The molecule has 9 heteroatoms. The summed E-state index contributed by atoms with van der Waals surface area (Å²) in [5.41, 5.74) is 4.03. The molecule has 0 fully saturated rings. The van der Waals surface area contributed by atoms with Crippen molar-refractivity contribution in [1.29, 1.82) is 0 Å². The van der Waals surface area contributed by atoms with Gasteiger partial charge in [0.15, 0.2) is 0 Å². The molecule has 2 radical (unpaired) electrons. The number of fused-ring (bicyclic) bond motifs is 1. The van der Waals surface area contributed by atoms with Gasteiger partial charge in [-0.25, -0.2) is 9.18 Å². The average Bonchev–Trinajstić information content (AvgIpc) is 2.60. The summed E-state index contributed by atoms with van der Waals surface area (Å²) in [5.74, 6) is -0.860. The van der Waals surface area contributed by atoms with E-state index < -0.39 is 17.5 Å². The van der Waals surface area contributed by atoms with Crippen LogP contribution in [0.1, 0.15) is 40.0 Å². The number of aryl methyl sites for hydroxylation is 1. The number of ether oxygens (including phenoxy) is 2. The van der Waals surface area contributed by atoms with E-state index in [0.29, 0.717) is 36.6 Å². The van der Waals surface area contributed by atoms with Gasteiger partial charge < -0.3 is 19.8 Å². The molecule has 1 heterocycles. The highest BCUT2D eigenvalue weighted by Gasteiger charge is 2.12. The highest BCUT2D eigenvalue weighted by atomic mass is 19.1. The van der Waals surface area contributed by atoms with Gasteiger partial charge in [-0.05, 0) is 51.1 Å². The maximum Gasteiger partial charge on any atom is 0.405 e. The summed E-state index contributed by atoms with van der Waals surface area (Å²) < 4.78 is 24.1. The molecule has 0 aliphatic rings. The molecule has 0 saturated carbocycles. The Kier molecular flexibility index (Phi) is 8.88. The van der Waals surface area contributed by atoms with E-state index in [9.17, 15) is 18.8 Å². The second-order valence-corrected chi connectivity index (χ2v) is 7.34. The van der Waals surface area contributed by atoms with Crippen molar-refractivity contribution in [2.75, 3.05) is 7.11 Å². The number of esters is 1. The van der Waals surface area contributed by atoms with Gasteiger partial charge in [0.25, 0.3) is 5.56 Å². The number of carbonyl (C=O) groups is 2. The lowest BCUT2D eigenvalue weighted by Gasteiger charge is -2.16. The minimum Gasteiger partial charge on any atom is -0.469 e. The van der Waals surface area contributed by atoms with Crippen LogP contribution >= 0.6 is 0 Å². The van der Waals surface area contributed by atoms with Crippen molar-refractivity contribution in [2.24, 2.45) is 5.73 Å². The molecule has 0 aliphatic carbocycles. The Morgan fingerprint density at radius 2 is 1.90 bits per heavy atom. The number of hydrogen-bond acceptors (Lipinski definition) is 5. The van der Waals surface area contributed by atoms with Gasteiger partial charge in [-0.2, -0.15) is 0 Å². The molecule has 1 amide bonds. The monoisotopic (exact) mass is 404 g/mol. The maximum absolute atomic E-state index is 13.5. The Morgan fingerprint density at radius 1 is 1.24 bits per heavy atom. The fraction of sp³-hybridized carbons (Fsp3) is 0.450. The Labute approximate surface area is 170 Å². The average molecular weight is 404 g/mol. The lowest BCUT2D eigenvalue weighted by atomic mass is 9.93. The van der Waals surface area contributed by atoms with Crippen LogP contribution < -0.4 is 16.8 Å². The van der Waals surface area contributed by atoms with Crippen molar-refractivity contribution in [3.05, 3.63) is 40.6 Å². The quantitative estimate of drug-likeness (QED) is 0.468. The fourth-order valence-corrected chi connectivity index (χ4v) is 2.45. The number of primary amides is 1. The van der Waals surface area contributed by atoms with E-state index in [4.69, 9.17) is 13.6 Å². The minimum absolute atomic E-state index is 0.0257.